The third kappa shape index (κ3) is 1.63. The number of nitrogens with one attached hydrogen (secondary N) is 1. The van der Waals surface area contributed by atoms with E-state index in [2.05, 4.69) is 35.6 Å². The number of aromatic nitrogens is 3. The second-order valence-corrected chi connectivity index (χ2v) is 5.61. The molecule has 0 bridgehead atoms. The first-order valence-electron chi connectivity index (χ1n) is 6.70. The van der Waals surface area contributed by atoms with Gasteiger partial charge in [0, 0.05) is 12.2 Å². The first-order chi connectivity index (χ1) is 8.62. The van der Waals surface area contributed by atoms with Crippen LogP contribution in [0, 0.1) is 0 Å². The SMILES string of the molecule is CC(C)n1c(C2(C)CCCN2)nc2cccnc21. The Morgan fingerprint density at radius 1 is 1.44 bits per heavy atom. The zero-order chi connectivity index (χ0) is 12.8. The average molecular weight is 244 g/mol. The molecule has 3 rings (SSSR count). The molecule has 4 heteroatoms. The molecule has 0 radical (unpaired) electrons. The Labute approximate surface area is 107 Å². The van der Waals surface area contributed by atoms with Crippen LogP contribution >= 0.6 is 0 Å². The van der Waals surface area contributed by atoms with Crippen LogP contribution < -0.4 is 5.32 Å². The highest BCUT2D eigenvalue weighted by atomic mass is 15.2. The summed E-state index contributed by atoms with van der Waals surface area (Å²) in [5, 5.41) is 3.59. The summed E-state index contributed by atoms with van der Waals surface area (Å²) >= 11 is 0. The smallest absolute Gasteiger partial charge is 0.160 e. The molecule has 1 N–H and O–H groups in total. The molecule has 1 unspecified atom stereocenters. The third-order valence-corrected chi connectivity index (χ3v) is 3.83. The van der Waals surface area contributed by atoms with Gasteiger partial charge >= 0.3 is 0 Å². The van der Waals surface area contributed by atoms with Gasteiger partial charge in [-0.2, -0.15) is 0 Å². The minimum absolute atomic E-state index is 0.00896. The summed E-state index contributed by atoms with van der Waals surface area (Å²) in [5.74, 6) is 1.13. The molecule has 0 aliphatic carbocycles. The van der Waals surface area contributed by atoms with Gasteiger partial charge in [-0.3, -0.25) is 0 Å². The highest BCUT2D eigenvalue weighted by molar-refractivity contribution is 5.71. The van der Waals surface area contributed by atoms with E-state index in [4.69, 9.17) is 4.98 Å². The van der Waals surface area contributed by atoms with Gasteiger partial charge in [-0.25, -0.2) is 9.97 Å². The van der Waals surface area contributed by atoms with Gasteiger partial charge in [0.15, 0.2) is 5.65 Å². The predicted octanol–water partition coefficient (Wildman–Crippen LogP) is 2.61. The molecular formula is C14H20N4. The van der Waals surface area contributed by atoms with Crippen LogP contribution in [0.3, 0.4) is 0 Å². The van der Waals surface area contributed by atoms with Crippen molar-refractivity contribution in [3.8, 4) is 0 Å². The Morgan fingerprint density at radius 2 is 2.28 bits per heavy atom. The second-order valence-electron chi connectivity index (χ2n) is 5.61. The topological polar surface area (TPSA) is 42.7 Å². The Balaban J connectivity index is 2.24. The monoisotopic (exact) mass is 244 g/mol. The van der Waals surface area contributed by atoms with Crippen LogP contribution in [0.5, 0.6) is 0 Å². The number of hydrogen-bond donors (Lipinski definition) is 1. The van der Waals surface area contributed by atoms with E-state index in [1.54, 1.807) is 0 Å². The molecular weight excluding hydrogens is 224 g/mol. The van der Waals surface area contributed by atoms with Gasteiger partial charge in [0.05, 0.1) is 5.54 Å². The zero-order valence-electron chi connectivity index (χ0n) is 11.3. The predicted molar refractivity (Wildman–Crippen MR) is 72.5 cm³/mol. The maximum Gasteiger partial charge on any atom is 0.160 e. The van der Waals surface area contributed by atoms with Gasteiger partial charge in [0.1, 0.15) is 11.3 Å². The van der Waals surface area contributed by atoms with Crippen molar-refractivity contribution in [1.82, 2.24) is 19.9 Å². The molecule has 1 aliphatic rings. The van der Waals surface area contributed by atoms with E-state index in [1.807, 2.05) is 18.3 Å². The fraction of sp³-hybridized carbons (Fsp3) is 0.571. The number of pyridine rings is 1. The number of fused-ring (bicyclic) bond motifs is 1. The standard InChI is InChI=1S/C14H20N4/c1-10(2)18-12-11(6-4-8-15-12)17-13(18)14(3)7-5-9-16-14/h4,6,8,10,16H,5,7,9H2,1-3H3. The van der Waals surface area contributed by atoms with Gasteiger partial charge in [-0.15, -0.1) is 0 Å². The quantitative estimate of drug-likeness (QED) is 0.883. The van der Waals surface area contributed by atoms with E-state index in [9.17, 15) is 0 Å². The van der Waals surface area contributed by atoms with E-state index in [0.717, 1.165) is 30.0 Å². The van der Waals surface area contributed by atoms with E-state index in [0.29, 0.717) is 6.04 Å². The van der Waals surface area contributed by atoms with E-state index in [1.165, 1.54) is 6.42 Å². The van der Waals surface area contributed by atoms with Gasteiger partial charge < -0.3 is 9.88 Å². The van der Waals surface area contributed by atoms with Crippen molar-refractivity contribution in [2.75, 3.05) is 6.54 Å². The Bertz CT molecular complexity index is 564. The average Bonchev–Trinajstić information content (AvgIpc) is 2.93. The number of rotatable bonds is 2. The fourth-order valence-corrected chi connectivity index (χ4v) is 2.89. The molecule has 0 aromatic carbocycles. The lowest BCUT2D eigenvalue weighted by molar-refractivity contribution is 0.378. The van der Waals surface area contributed by atoms with Crippen LogP contribution in [0.25, 0.3) is 11.2 Å². The number of hydrogen-bond acceptors (Lipinski definition) is 3. The maximum absolute atomic E-state index is 4.83. The Hall–Kier alpha value is -1.42. The van der Waals surface area contributed by atoms with Crippen molar-refractivity contribution in [2.45, 2.75) is 45.2 Å². The van der Waals surface area contributed by atoms with Crippen molar-refractivity contribution < 1.29 is 0 Å². The van der Waals surface area contributed by atoms with Crippen molar-refractivity contribution >= 4 is 11.2 Å². The van der Waals surface area contributed by atoms with Crippen molar-refractivity contribution in [2.24, 2.45) is 0 Å². The highest BCUT2D eigenvalue weighted by Crippen LogP contribution is 2.33. The summed E-state index contributed by atoms with van der Waals surface area (Å²) < 4.78 is 2.27. The van der Waals surface area contributed by atoms with Crippen LogP contribution in [0.15, 0.2) is 18.3 Å². The molecule has 2 aromatic heterocycles. The van der Waals surface area contributed by atoms with Gasteiger partial charge in [0.2, 0.25) is 0 Å². The van der Waals surface area contributed by atoms with Crippen molar-refractivity contribution in [3.05, 3.63) is 24.2 Å². The summed E-state index contributed by atoms with van der Waals surface area (Å²) in [6.07, 6.45) is 4.20. The first kappa shape index (κ1) is 11.7. The number of nitrogens with zero attached hydrogens (tertiary/aromatic N) is 3. The molecule has 3 heterocycles. The van der Waals surface area contributed by atoms with E-state index < -0.39 is 0 Å². The summed E-state index contributed by atoms with van der Waals surface area (Å²) in [4.78, 5) is 9.32. The molecule has 2 aromatic rings. The second kappa shape index (κ2) is 4.05. The van der Waals surface area contributed by atoms with Crippen LogP contribution in [-0.2, 0) is 5.54 Å². The lowest BCUT2D eigenvalue weighted by atomic mass is 9.99. The van der Waals surface area contributed by atoms with Gasteiger partial charge in [0.25, 0.3) is 0 Å². The van der Waals surface area contributed by atoms with Crippen molar-refractivity contribution in [1.29, 1.82) is 0 Å². The minimum atomic E-state index is -0.00896. The summed E-state index contributed by atoms with van der Waals surface area (Å²) in [5.41, 5.74) is 1.99. The number of imidazole rings is 1. The van der Waals surface area contributed by atoms with Gasteiger partial charge in [-0.1, -0.05) is 0 Å². The lowest BCUT2D eigenvalue weighted by Gasteiger charge is -2.26. The molecule has 4 nitrogen and oxygen atoms in total. The minimum Gasteiger partial charge on any atom is -0.309 e. The molecule has 1 atom stereocenters. The lowest BCUT2D eigenvalue weighted by Crippen LogP contribution is -2.36. The molecule has 0 saturated carbocycles. The molecule has 0 amide bonds. The van der Waals surface area contributed by atoms with E-state index in [-0.39, 0.29) is 5.54 Å². The summed E-state index contributed by atoms with van der Waals surface area (Å²) in [6.45, 7) is 7.71. The largest absolute Gasteiger partial charge is 0.309 e. The van der Waals surface area contributed by atoms with Crippen LogP contribution in [-0.4, -0.2) is 21.1 Å². The molecule has 96 valence electrons. The van der Waals surface area contributed by atoms with Crippen LogP contribution in [0.1, 0.15) is 45.5 Å². The maximum atomic E-state index is 4.83. The van der Waals surface area contributed by atoms with Gasteiger partial charge in [-0.05, 0) is 52.3 Å². The molecule has 1 aliphatic heterocycles. The molecule has 18 heavy (non-hydrogen) atoms. The Kier molecular flexibility index (Phi) is 2.63. The summed E-state index contributed by atoms with van der Waals surface area (Å²) in [6, 6.07) is 4.37. The van der Waals surface area contributed by atoms with E-state index >= 15 is 0 Å². The third-order valence-electron chi connectivity index (χ3n) is 3.83. The van der Waals surface area contributed by atoms with Crippen molar-refractivity contribution in [3.63, 3.8) is 0 Å². The highest BCUT2D eigenvalue weighted by Gasteiger charge is 2.35. The molecule has 1 fully saturated rings. The van der Waals surface area contributed by atoms with Crippen LogP contribution in [0.2, 0.25) is 0 Å². The first-order valence-corrected chi connectivity index (χ1v) is 6.70. The Morgan fingerprint density at radius 3 is 2.94 bits per heavy atom. The molecule has 1 saturated heterocycles. The summed E-state index contributed by atoms with van der Waals surface area (Å²) in [7, 11) is 0. The molecule has 0 spiro atoms. The van der Waals surface area contributed by atoms with Crippen LogP contribution in [0.4, 0.5) is 0 Å². The normalized spacial score (nSPS) is 24.2. The zero-order valence-corrected chi connectivity index (χ0v) is 11.3. The fourth-order valence-electron chi connectivity index (χ4n) is 2.89.